The van der Waals surface area contributed by atoms with Crippen LogP contribution >= 0.6 is 0 Å². The fourth-order valence-corrected chi connectivity index (χ4v) is 2.84. The van der Waals surface area contributed by atoms with Gasteiger partial charge >= 0.3 is 0 Å². The van der Waals surface area contributed by atoms with Crippen LogP contribution in [0.25, 0.3) is 5.65 Å². The lowest BCUT2D eigenvalue weighted by molar-refractivity contribution is 0.796. The van der Waals surface area contributed by atoms with E-state index >= 15 is 0 Å². The average molecular weight is 328 g/mol. The van der Waals surface area contributed by atoms with E-state index in [9.17, 15) is 5.26 Å². The zero-order valence-corrected chi connectivity index (χ0v) is 13.5. The Kier molecular flexibility index (Phi) is 3.89. The van der Waals surface area contributed by atoms with Crippen LogP contribution < -0.4 is 5.32 Å². The van der Waals surface area contributed by atoms with E-state index in [1.54, 1.807) is 16.9 Å². The summed E-state index contributed by atoms with van der Waals surface area (Å²) < 4.78 is 3.82. The molecule has 25 heavy (non-hydrogen) atoms. The van der Waals surface area contributed by atoms with Gasteiger partial charge in [-0.25, -0.2) is 9.97 Å². The normalized spacial score (nSPS) is 10.7. The molecule has 0 spiro atoms. The predicted octanol–water partition coefficient (Wildman–Crippen LogP) is 3.06. The summed E-state index contributed by atoms with van der Waals surface area (Å²) in [6.07, 6.45) is 7.37. The van der Waals surface area contributed by atoms with E-state index in [1.165, 1.54) is 5.56 Å². The molecule has 4 rings (SSSR count). The van der Waals surface area contributed by atoms with Crippen molar-refractivity contribution >= 4 is 11.5 Å². The number of aromatic nitrogens is 4. The number of pyridine rings is 1. The lowest BCUT2D eigenvalue weighted by Crippen LogP contribution is -2.03. The van der Waals surface area contributed by atoms with Crippen LogP contribution in [0.2, 0.25) is 0 Å². The highest BCUT2D eigenvalue weighted by Gasteiger charge is 2.10. The minimum Gasteiger partial charge on any atom is -0.364 e. The van der Waals surface area contributed by atoms with Gasteiger partial charge in [-0.1, -0.05) is 30.3 Å². The first-order valence-corrected chi connectivity index (χ1v) is 7.98. The van der Waals surface area contributed by atoms with E-state index in [0.717, 1.165) is 17.8 Å². The number of nitrogens with one attached hydrogen (secondary N) is 1. The first-order chi connectivity index (χ1) is 12.3. The van der Waals surface area contributed by atoms with Crippen LogP contribution in [-0.2, 0) is 13.1 Å². The van der Waals surface area contributed by atoms with Crippen LogP contribution in [0.4, 0.5) is 5.82 Å². The van der Waals surface area contributed by atoms with E-state index in [-0.39, 0.29) is 0 Å². The number of imidazole rings is 2. The van der Waals surface area contributed by atoms with Gasteiger partial charge in [0.25, 0.3) is 0 Å². The second-order valence-corrected chi connectivity index (χ2v) is 5.76. The van der Waals surface area contributed by atoms with Gasteiger partial charge in [0.2, 0.25) is 0 Å². The smallest absolute Gasteiger partial charge is 0.168 e. The van der Waals surface area contributed by atoms with Crippen molar-refractivity contribution in [2.75, 3.05) is 5.32 Å². The van der Waals surface area contributed by atoms with Crippen molar-refractivity contribution in [1.82, 2.24) is 18.9 Å². The van der Waals surface area contributed by atoms with Gasteiger partial charge in [-0.05, 0) is 23.3 Å². The number of hydrogen-bond donors (Lipinski definition) is 1. The fraction of sp³-hybridized carbons (Fsp3) is 0.105. The minimum atomic E-state index is 0.519. The second kappa shape index (κ2) is 6.49. The van der Waals surface area contributed by atoms with Crippen LogP contribution in [0.3, 0.4) is 0 Å². The molecule has 0 aliphatic rings. The largest absolute Gasteiger partial charge is 0.364 e. The number of rotatable bonds is 5. The standard InChI is InChI=1S/C19H16N6/c20-11-17-19(23-18-6-1-2-8-25(17)18)22-12-15-4-3-5-16(10-15)13-24-9-7-21-14-24/h1-10,14,22H,12-13H2. The van der Waals surface area contributed by atoms with Gasteiger partial charge in [-0.15, -0.1) is 0 Å². The Morgan fingerprint density at radius 1 is 1.08 bits per heavy atom. The molecule has 3 heterocycles. The Hall–Kier alpha value is -3.59. The summed E-state index contributed by atoms with van der Waals surface area (Å²) in [6.45, 7) is 1.39. The zero-order valence-electron chi connectivity index (χ0n) is 13.5. The molecular formula is C19H16N6. The second-order valence-electron chi connectivity index (χ2n) is 5.76. The predicted molar refractivity (Wildman–Crippen MR) is 95.0 cm³/mol. The number of nitriles is 1. The topological polar surface area (TPSA) is 70.9 Å². The van der Waals surface area contributed by atoms with Crippen molar-refractivity contribution in [3.63, 3.8) is 0 Å². The maximum atomic E-state index is 9.43. The van der Waals surface area contributed by atoms with Crippen LogP contribution in [0.5, 0.6) is 0 Å². The summed E-state index contributed by atoms with van der Waals surface area (Å²) in [4.78, 5) is 8.56. The Bertz CT molecular complexity index is 1040. The summed E-state index contributed by atoms with van der Waals surface area (Å²) in [5, 5.41) is 12.7. The zero-order chi connectivity index (χ0) is 17.1. The van der Waals surface area contributed by atoms with Crippen LogP contribution in [-0.4, -0.2) is 18.9 Å². The highest BCUT2D eigenvalue weighted by molar-refractivity contribution is 5.59. The van der Waals surface area contributed by atoms with Crippen LogP contribution in [0, 0.1) is 11.3 Å². The number of nitrogens with zero attached hydrogens (tertiary/aromatic N) is 5. The summed E-state index contributed by atoms with van der Waals surface area (Å²) >= 11 is 0. The van der Waals surface area contributed by atoms with Crippen molar-refractivity contribution in [1.29, 1.82) is 5.26 Å². The highest BCUT2D eigenvalue weighted by Crippen LogP contribution is 2.18. The van der Waals surface area contributed by atoms with Gasteiger partial charge < -0.3 is 9.88 Å². The quantitative estimate of drug-likeness (QED) is 0.611. The van der Waals surface area contributed by atoms with Crippen molar-refractivity contribution in [3.8, 4) is 6.07 Å². The van der Waals surface area contributed by atoms with E-state index in [1.807, 2.05) is 41.2 Å². The van der Waals surface area contributed by atoms with Gasteiger partial charge in [0, 0.05) is 31.7 Å². The fourth-order valence-electron chi connectivity index (χ4n) is 2.84. The van der Waals surface area contributed by atoms with Gasteiger partial charge in [0.1, 0.15) is 11.7 Å². The molecule has 1 aromatic carbocycles. The molecule has 122 valence electrons. The van der Waals surface area contributed by atoms with E-state index < -0.39 is 0 Å². The summed E-state index contributed by atoms with van der Waals surface area (Å²) in [7, 11) is 0. The van der Waals surface area contributed by atoms with Gasteiger partial charge in [-0.3, -0.25) is 4.40 Å². The van der Waals surface area contributed by atoms with Crippen LogP contribution in [0.15, 0.2) is 67.4 Å². The summed E-state index contributed by atoms with van der Waals surface area (Å²) in [5.41, 5.74) is 3.62. The van der Waals surface area contributed by atoms with Gasteiger partial charge in [0.05, 0.1) is 6.33 Å². The maximum absolute atomic E-state index is 9.43. The number of benzene rings is 1. The molecule has 3 aromatic heterocycles. The Morgan fingerprint density at radius 3 is 2.84 bits per heavy atom. The van der Waals surface area contributed by atoms with E-state index in [0.29, 0.717) is 18.1 Å². The molecule has 0 atom stereocenters. The summed E-state index contributed by atoms with van der Waals surface area (Å²) in [6, 6.07) is 16.2. The lowest BCUT2D eigenvalue weighted by Gasteiger charge is -2.07. The number of hydrogen-bond acceptors (Lipinski definition) is 4. The molecule has 1 N–H and O–H groups in total. The molecule has 0 bridgehead atoms. The lowest BCUT2D eigenvalue weighted by atomic mass is 10.1. The molecule has 0 aliphatic heterocycles. The molecule has 0 amide bonds. The van der Waals surface area contributed by atoms with Crippen molar-refractivity contribution < 1.29 is 0 Å². The first kappa shape index (κ1) is 15.0. The third kappa shape index (κ3) is 3.08. The molecule has 6 nitrogen and oxygen atoms in total. The van der Waals surface area contributed by atoms with Crippen molar-refractivity contribution in [2.24, 2.45) is 0 Å². The number of anilines is 1. The molecule has 0 aliphatic carbocycles. The maximum Gasteiger partial charge on any atom is 0.168 e. The van der Waals surface area contributed by atoms with Crippen molar-refractivity contribution in [2.45, 2.75) is 13.1 Å². The molecule has 0 fully saturated rings. The first-order valence-electron chi connectivity index (χ1n) is 7.98. The molecule has 6 heteroatoms. The van der Waals surface area contributed by atoms with Gasteiger partial charge in [0.15, 0.2) is 11.5 Å². The average Bonchev–Trinajstić information content (AvgIpc) is 3.27. The molecule has 0 saturated carbocycles. The minimum absolute atomic E-state index is 0.519. The van der Waals surface area contributed by atoms with Crippen molar-refractivity contribution in [3.05, 3.63) is 84.2 Å². The molecule has 4 aromatic rings. The van der Waals surface area contributed by atoms with E-state index in [2.05, 4.69) is 39.6 Å². The summed E-state index contributed by atoms with van der Waals surface area (Å²) in [5.74, 6) is 0.605. The third-order valence-corrected chi connectivity index (χ3v) is 4.01. The molecule has 0 saturated heterocycles. The molecular weight excluding hydrogens is 312 g/mol. The Morgan fingerprint density at radius 2 is 2.00 bits per heavy atom. The Balaban J connectivity index is 1.53. The molecule has 0 unspecified atom stereocenters. The Labute approximate surface area is 145 Å². The molecule has 0 radical (unpaired) electrons. The number of fused-ring (bicyclic) bond motifs is 1. The third-order valence-electron chi connectivity index (χ3n) is 4.01. The monoisotopic (exact) mass is 328 g/mol. The van der Waals surface area contributed by atoms with Gasteiger partial charge in [-0.2, -0.15) is 5.26 Å². The van der Waals surface area contributed by atoms with E-state index in [4.69, 9.17) is 0 Å². The SMILES string of the molecule is N#Cc1c(NCc2cccc(Cn3ccnc3)c2)nc2ccccn12. The highest BCUT2D eigenvalue weighted by atomic mass is 15.1. The van der Waals surface area contributed by atoms with Crippen LogP contribution in [0.1, 0.15) is 16.8 Å².